The fraction of sp³-hybridized carbons (Fsp3) is 0.529. The molecule has 12 atom stereocenters. The van der Waals surface area contributed by atoms with Gasteiger partial charge in [0.1, 0.15) is 60.4 Å². The van der Waals surface area contributed by atoms with Crippen LogP contribution in [0.25, 0.3) is 22.1 Å². The Balaban J connectivity index is 1.06. The van der Waals surface area contributed by atoms with Gasteiger partial charge in [-0.25, -0.2) is 29.6 Å². The fourth-order valence-electron chi connectivity index (χ4n) is 12.0. The van der Waals surface area contributed by atoms with Gasteiger partial charge >= 0.3 is 23.9 Å². The lowest BCUT2D eigenvalue weighted by atomic mass is 9.97. The van der Waals surface area contributed by atoms with E-state index >= 15 is 9.59 Å². The zero-order valence-corrected chi connectivity index (χ0v) is 60.2. The number of fused-ring (bicyclic) bond motifs is 4. The number of rotatable bonds is 12. The van der Waals surface area contributed by atoms with Gasteiger partial charge in [-0.3, -0.25) is 67.5 Å². The van der Waals surface area contributed by atoms with Crippen LogP contribution < -0.4 is 30.7 Å². The maximum absolute atomic E-state index is 15.2. The van der Waals surface area contributed by atoms with Crippen LogP contribution in [0.1, 0.15) is 88.2 Å². The topological polar surface area (TPSA) is 479 Å². The molecule has 2 aromatic heterocycles. The Kier molecular flexibility index (Phi) is 24.3. The SMILES string of the molecule is COc1ccc2nc(C(=O)N[C@@H]3COC(=O)[C@H](C(C)(C)O)N(C)C(=O)CN(C)C(=O)CNC(=O)[C@@H]4[C@@H](OC(=O)[C@H]5C[C@@H]5C)CC=NN4C(=O)[C@H](NC(=O)c4cnc5cc(OC)ccc5n4)COC(=O)[C@H](C(C)(C)O)N(C)C(=O)CN(C)C(=O)CNC(=O)[C@@H]4[C@@H](OC(=O)[C@H]5C[C@@H]5C)CC=NN4C3=O)cnc2c1. The van der Waals surface area contributed by atoms with E-state index in [4.69, 9.17) is 28.4 Å². The molecular weight excluding hydrogens is 1390 g/mol. The van der Waals surface area contributed by atoms with E-state index in [2.05, 4.69) is 51.4 Å². The molecule has 5 heterocycles. The summed E-state index contributed by atoms with van der Waals surface area (Å²) in [7, 11) is 7.25. The molecule has 106 heavy (non-hydrogen) atoms. The van der Waals surface area contributed by atoms with Gasteiger partial charge in [-0.05, 0) is 76.6 Å². The number of likely N-dealkylation sites (N-methyl/N-ethyl adjacent to an activating group) is 4. The van der Waals surface area contributed by atoms with E-state index in [0.717, 1.165) is 100 Å². The third-order valence-corrected chi connectivity index (χ3v) is 18.4. The first-order valence-electron chi connectivity index (χ1n) is 33.7. The number of aliphatic hydroxyl groups is 2. The number of cyclic esters (lactones) is 2. The highest BCUT2D eigenvalue weighted by Crippen LogP contribution is 2.40. The third-order valence-electron chi connectivity index (χ3n) is 18.4. The van der Waals surface area contributed by atoms with E-state index in [0.29, 0.717) is 45.4 Å². The standard InChI is InChI=1S/C68H84N16O22/c1-33-21-37(33)63(95)105-47-17-19-73-83-53(47)59(91)71-27-49(85)79(7)29-51(87)81(9)56(68(5,6)100)66(98)104-32-46(78-58(90)44-26-70-42-24-36(102-12)14-16-40(42)76-44)62(94)84-54(48(18-20-74-84)106-64(96)38-22-34(38)2)60(92)72-28-50(86)80(8)30-52(88)82(10)55(67(3,4)99)65(97)103-31-45(61(83)93)77-57(89)43-25-69-41-23-35(101-11)13-15-39(41)75-43/h13-16,19-20,23-26,33-34,37-38,45-48,53-56,99-100H,17-18,21-22,27-32H2,1-12H3,(H,71,91)(H,72,92)(H,77,89)(H,78,90)/t33-,34-,37-,38-,45+,46+,47-,48-,53-,54-,55+,56+/m0/s1. The van der Waals surface area contributed by atoms with E-state index < -0.39 is 194 Å². The molecule has 9 rings (SSSR count). The number of carbonyl (C=O) groups is 14. The predicted molar refractivity (Wildman–Crippen MR) is 365 cm³/mol. The van der Waals surface area contributed by atoms with E-state index in [1.54, 1.807) is 13.8 Å². The van der Waals surface area contributed by atoms with Crippen LogP contribution in [0.2, 0.25) is 0 Å². The molecule has 2 aromatic carbocycles. The summed E-state index contributed by atoms with van der Waals surface area (Å²) in [5.41, 5.74) is -4.24. The number of benzene rings is 2. The molecule has 5 aliphatic rings. The molecule has 10 amide bonds. The Morgan fingerprint density at radius 2 is 0.906 bits per heavy atom. The Bertz CT molecular complexity index is 3950. The minimum Gasteiger partial charge on any atom is -0.497 e. The average Bonchev–Trinajstić information content (AvgIpc) is 1.15. The number of hydrogen-bond donors (Lipinski definition) is 6. The molecule has 0 bridgehead atoms. The van der Waals surface area contributed by atoms with Crippen LogP contribution in [0.15, 0.2) is 59.0 Å². The maximum Gasteiger partial charge on any atom is 0.331 e. The van der Waals surface area contributed by atoms with Crippen molar-refractivity contribution in [2.75, 3.05) is 81.8 Å². The Morgan fingerprint density at radius 1 is 0.547 bits per heavy atom. The second-order valence-electron chi connectivity index (χ2n) is 27.5. The molecule has 1 saturated heterocycles. The van der Waals surface area contributed by atoms with Crippen molar-refractivity contribution >= 4 is 117 Å². The van der Waals surface area contributed by atoms with Crippen LogP contribution >= 0.6 is 0 Å². The summed E-state index contributed by atoms with van der Waals surface area (Å²) >= 11 is 0. The first-order chi connectivity index (χ1) is 50.0. The van der Waals surface area contributed by atoms with E-state index in [9.17, 15) is 67.7 Å². The number of nitrogens with zero attached hydrogens (tertiary/aromatic N) is 12. The number of hydrazone groups is 2. The lowest BCUT2D eigenvalue weighted by Gasteiger charge is -2.37. The number of nitrogens with one attached hydrogen (secondary N) is 4. The van der Waals surface area contributed by atoms with E-state index in [-0.39, 0.29) is 47.1 Å². The maximum atomic E-state index is 15.2. The minimum absolute atomic E-state index is 0.113. The summed E-state index contributed by atoms with van der Waals surface area (Å²) in [5.74, 6) is -16.2. The smallest absolute Gasteiger partial charge is 0.331 e. The second-order valence-corrected chi connectivity index (χ2v) is 27.5. The zero-order chi connectivity index (χ0) is 77.5. The van der Waals surface area contributed by atoms with Gasteiger partial charge < -0.3 is 79.5 Å². The number of carbonyl (C=O) groups excluding carboxylic acids is 14. The summed E-state index contributed by atoms with van der Waals surface area (Å²) in [6, 6.07) is -2.94. The largest absolute Gasteiger partial charge is 0.497 e. The second kappa shape index (κ2) is 32.7. The molecule has 3 aliphatic heterocycles. The molecule has 6 N–H and O–H groups in total. The molecule has 38 heteroatoms. The molecule has 0 spiro atoms. The highest BCUT2D eigenvalue weighted by atomic mass is 16.6. The molecule has 2 saturated carbocycles. The first-order valence-corrected chi connectivity index (χ1v) is 33.7. The van der Waals surface area contributed by atoms with Crippen LogP contribution in [0.3, 0.4) is 0 Å². The van der Waals surface area contributed by atoms with Gasteiger partial charge in [-0.15, -0.1) is 0 Å². The lowest BCUT2D eigenvalue weighted by Crippen LogP contribution is -2.62. The van der Waals surface area contributed by atoms with Gasteiger partial charge in [0.05, 0.1) is 97.9 Å². The molecule has 568 valence electrons. The number of methoxy groups -OCH3 is 2. The first kappa shape index (κ1) is 78.7. The molecule has 0 unspecified atom stereocenters. The van der Waals surface area contributed by atoms with Gasteiger partial charge in [-0.1, -0.05) is 13.8 Å². The lowest BCUT2D eigenvalue weighted by molar-refractivity contribution is -0.168. The molecule has 4 aromatic rings. The molecule has 2 aliphatic carbocycles. The average molecular weight is 1480 g/mol. The van der Waals surface area contributed by atoms with Crippen molar-refractivity contribution in [2.24, 2.45) is 33.9 Å². The summed E-state index contributed by atoms with van der Waals surface area (Å²) in [5, 5.41) is 42.2. The van der Waals surface area contributed by atoms with Gasteiger partial charge in [0, 0.05) is 65.6 Å². The predicted octanol–water partition coefficient (Wildman–Crippen LogP) is -2.76. The van der Waals surface area contributed by atoms with Crippen LogP contribution in [0.5, 0.6) is 11.5 Å². The molecular formula is C68H84N16O22. The Morgan fingerprint density at radius 3 is 1.24 bits per heavy atom. The van der Waals surface area contributed by atoms with E-state index in [1.165, 1.54) is 50.6 Å². The monoisotopic (exact) mass is 1480 g/mol. The fourth-order valence-corrected chi connectivity index (χ4v) is 12.0. The highest BCUT2D eigenvalue weighted by molar-refractivity contribution is 6.02. The van der Waals surface area contributed by atoms with Crippen molar-refractivity contribution in [3.8, 4) is 11.5 Å². The number of esters is 4. The van der Waals surface area contributed by atoms with E-state index in [1.807, 2.05) is 0 Å². The van der Waals surface area contributed by atoms with Crippen molar-refractivity contribution in [2.45, 2.75) is 127 Å². The van der Waals surface area contributed by atoms with Gasteiger partial charge in [-0.2, -0.15) is 10.2 Å². The quantitative estimate of drug-likeness (QED) is 0.0618. The number of ether oxygens (including phenoxy) is 6. The van der Waals surface area contributed by atoms with Crippen molar-refractivity contribution in [3.63, 3.8) is 0 Å². The van der Waals surface area contributed by atoms with Crippen LogP contribution in [-0.2, 0) is 76.5 Å². The normalized spacial score (nSPS) is 26.1. The molecule has 38 nitrogen and oxygen atoms in total. The van der Waals surface area contributed by atoms with Crippen LogP contribution in [0.4, 0.5) is 0 Å². The van der Waals surface area contributed by atoms with Gasteiger partial charge in [0.2, 0.25) is 35.4 Å². The molecule has 3 fully saturated rings. The highest BCUT2D eigenvalue weighted by Gasteiger charge is 2.51. The van der Waals surface area contributed by atoms with Gasteiger partial charge in [0.25, 0.3) is 23.6 Å². The number of amides is 10. The van der Waals surface area contributed by atoms with Crippen molar-refractivity contribution in [1.82, 2.24) is 70.8 Å². The summed E-state index contributed by atoms with van der Waals surface area (Å²) in [4.78, 5) is 222. The molecule has 0 radical (unpaired) electrons. The number of aromatic nitrogens is 4. The summed E-state index contributed by atoms with van der Waals surface area (Å²) in [6.07, 6.45) is 1.54. The summed E-state index contributed by atoms with van der Waals surface area (Å²) < 4.78 is 33.6. The third kappa shape index (κ3) is 18.5. The zero-order valence-electron chi connectivity index (χ0n) is 60.2. The Hall–Kier alpha value is -11.4. The summed E-state index contributed by atoms with van der Waals surface area (Å²) in [6.45, 7) is 2.10. The van der Waals surface area contributed by atoms with Crippen molar-refractivity contribution < 1.29 is 106 Å². The van der Waals surface area contributed by atoms with Crippen molar-refractivity contribution in [3.05, 3.63) is 60.2 Å². The number of hydrogen-bond acceptors (Lipinski definition) is 28. The van der Waals surface area contributed by atoms with Crippen LogP contribution in [-0.4, -0.2) is 297 Å². The van der Waals surface area contributed by atoms with Crippen LogP contribution in [0, 0.1) is 23.7 Å². The van der Waals surface area contributed by atoms with Crippen molar-refractivity contribution in [1.29, 1.82) is 0 Å². The minimum atomic E-state index is -2.21. The van der Waals surface area contributed by atoms with Gasteiger partial charge in [0.15, 0.2) is 24.2 Å². The Labute approximate surface area is 606 Å².